The standard InChI is InChI=1S/C20H23ClN2O4/c1-25-19-6-3-15(21)11-14(19)13-22-16-4-5-18(17(12-16)20(24)26-2)23-7-9-27-10-8-23/h3-6,11-12,22H,7-10,13H2,1-2H3. The summed E-state index contributed by atoms with van der Waals surface area (Å²) in [5.74, 6) is 0.394. The van der Waals surface area contributed by atoms with E-state index in [0.29, 0.717) is 30.3 Å². The number of ether oxygens (including phenoxy) is 3. The van der Waals surface area contributed by atoms with E-state index in [1.165, 1.54) is 7.11 Å². The van der Waals surface area contributed by atoms with Crippen molar-refractivity contribution in [1.82, 2.24) is 0 Å². The van der Waals surface area contributed by atoms with Crippen LogP contribution in [0.1, 0.15) is 15.9 Å². The first-order valence-corrected chi connectivity index (χ1v) is 9.11. The van der Waals surface area contributed by atoms with Crippen LogP contribution in [-0.4, -0.2) is 46.5 Å². The zero-order valence-corrected chi connectivity index (χ0v) is 16.2. The number of hydrogen-bond donors (Lipinski definition) is 1. The van der Waals surface area contributed by atoms with Crippen LogP contribution >= 0.6 is 11.6 Å². The van der Waals surface area contributed by atoms with Crippen LogP contribution in [-0.2, 0) is 16.0 Å². The second-order valence-corrected chi connectivity index (χ2v) is 6.57. The third-order valence-electron chi connectivity index (χ3n) is 4.48. The highest BCUT2D eigenvalue weighted by Gasteiger charge is 2.20. The Kier molecular flexibility index (Phi) is 6.42. The van der Waals surface area contributed by atoms with Crippen molar-refractivity contribution in [3.8, 4) is 5.75 Å². The smallest absolute Gasteiger partial charge is 0.340 e. The fourth-order valence-electron chi connectivity index (χ4n) is 3.08. The van der Waals surface area contributed by atoms with Gasteiger partial charge >= 0.3 is 5.97 Å². The number of nitrogens with one attached hydrogen (secondary N) is 1. The van der Waals surface area contributed by atoms with E-state index < -0.39 is 0 Å². The number of carbonyl (C=O) groups is 1. The molecule has 0 radical (unpaired) electrons. The van der Waals surface area contributed by atoms with Crippen LogP contribution in [0.3, 0.4) is 0 Å². The van der Waals surface area contributed by atoms with Gasteiger partial charge in [0, 0.05) is 35.9 Å². The average molecular weight is 391 g/mol. The molecular formula is C20H23ClN2O4. The van der Waals surface area contributed by atoms with E-state index in [2.05, 4.69) is 10.2 Å². The van der Waals surface area contributed by atoms with E-state index in [1.807, 2.05) is 30.3 Å². The molecule has 0 unspecified atom stereocenters. The highest BCUT2D eigenvalue weighted by molar-refractivity contribution is 6.30. The number of halogens is 1. The number of nitrogens with zero attached hydrogens (tertiary/aromatic N) is 1. The summed E-state index contributed by atoms with van der Waals surface area (Å²) in [6.45, 7) is 3.30. The third kappa shape index (κ3) is 4.64. The molecule has 0 bridgehead atoms. The van der Waals surface area contributed by atoms with Crippen molar-refractivity contribution in [1.29, 1.82) is 0 Å². The van der Waals surface area contributed by atoms with E-state index in [9.17, 15) is 4.79 Å². The van der Waals surface area contributed by atoms with Gasteiger partial charge < -0.3 is 24.4 Å². The molecule has 0 atom stereocenters. The zero-order valence-electron chi connectivity index (χ0n) is 15.5. The number of rotatable bonds is 6. The van der Waals surface area contributed by atoms with Crippen LogP contribution in [0.5, 0.6) is 5.75 Å². The normalized spacial score (nSPS) is 14.0. The van der Waals surface area contributed by atoms with Gasteiger partial charge in [-0.15, -0.1) is 0 Å². The van der Waals surface area contributed by atoms with Gasteiger partial charge in [-0.3, -0.25) is 0 Å². The Morgan fingerprint density at radius 1 is 1.19 bits per heavy atom. The van der Waals surface area contributed by atoms with Gasteiger partial charge in [0.15, 0.2) is 0 Å². The van der Waals surface area contributed by atoms with Gasteiger partial charge in [0.1, 0.15) is 5.75 Å². The summed E-state index contributed by atoms with van der Waals surface area (Å²) in [5.41, 5.74) is 3.13. The van der Waals surface area contributed by atoms with Crippen LogP contribution in [0.4, 0.5) is 11.4 Å². The van der Waals surface area contributed by atoms with Gasteiger partial charge in [-0.25, -0.2) is 4.79 Å². The molecule has 0 aromatic heterocycles. The van der Waals surface area contributed by atoms with Crippen LogP contribution in [0, 0.1) is 0 Å². The number of esters is 1. The number of methoxy groups -OCH3 is 2. The second-order valence-electron chi connectivity index (χ2n) is 6.13. The Morgan fingerprint density at radius 3 is 2.67 bits per heavy atom. The molecule has 2 aromatic rings. The topological polar surface area (TPSA) is 60.0 Å². The Morgan fingerprint density at radius 2 is 1.96 bits per heavy atom. The average Bonchev–Trinajstić information content (AvgIpc) is 2.72. The van der Waals surface area contributed by atoms with E-state index in [1.54, 1.807) is 13.2 Å². The van der Waals surface area contributed by atoms with Crippen LogP contribution in [0.25, 0.3) is 0 Å². The Labute approximate surface area is 164 Å². The maximum atomic E-state index is 12.3. The number of morpholine rings is 1. The van der Waals surface area contributed by atoms with E-state index >= 15 is 0 Å². The molecule has 1 fully saturated rings. The van der Waals surface area contributed by atoms with E-state index in [0.717, 1.165) is 35.8 Å². The number of benzene rings is 2. The molecule has 0 amide bonds. The highest BCUT2D eigenvalue weighted by atomic mass is 35.5. The SMILES string of the molecule is COC(=O)c1cc(NCc2cc(Cl)ccc2OC)ccc1N1CCOCC1. The third-order valence-corrected chi connectivity index (χ3v) is 4.71. The first-order chi connectivity index (χ1) is 13.1. The van der Waals surface area contributed by atoms with Crippen LogP contribution < -0.4 is 15.0 Å². The second kappa shape index (κ2) is 8.97. The van der Waals surface area contributed by atoms with Crippen LogP contribution in [0.2, 0.25) is 5.02 Å². The van der Waals surface area contributed by atoms with Crippen molar-refractivity contribution in [2.75, 3.05) is 50.7 Å². The molecule has 1 N–H and O–H groups in total. The van der Waals surface area contributed by atoms with Gasteiger partial charge in [-0.1, -0.05) is 11.6 Å². The Hall–Kier alpha value is -2.44. The molecule has 3 rings (SSSR count). The van der Waals surface area contributed by atoms with Crippen molar-refractivity contribution in [3.05, 3.63) is 52.5 Å². The molecule has 0 spiro atoms. The molecule has 7 heteroatoms. The minimum absolute atomic E-state index is 0.361. The maximum Gasteiger partial charge on any atom is 0.340 e. The number of anilines is 2. The lowest BCUT2D eigenvalue weighted by atomic mass is 10.1. The molecule has 27 heavy (non-hydrogen) atoms. The van der Waals surface area contributed by atoms with Gasteiger partial charge in [0.25, 0.3) is 0 Å². The molecule has 144 valence electrons. The predicted octanol–water partition coefficient (Wildman–Crippen LogP) is 3.58. The summed E-state index contributed by atoms with van der Waals surface area (Å²) < 4.78 is 15.7. The molecule has 1 aliphatic heterocycles. The summed E-state index contributed by atoms with van der Waals surface area (Å²) in [6.07, 6.45) is 0. The van der Waals surface area contributed by atoms with Gasteiger partial charge in [0.05, 0.1) is 38.7 Å². The lowest BCUT2D eigenvalue weighted by Crippen LogP contribution is -2.37. The predicted molar refractivity (Wildman–Crippen MR) is 106 cm³/mol. The summed E-state index contributed by atoms with van der Waals surface area (Å²) in [4.78, 5) is 14.4. The molecule has 0 saturated carbocycles. The minimum Gasteiger partial charge on any atom is -0.496 e. The monoisotopic (exact) mass is 390 g/mol. The molecule has 6 nitrogen and oxygen atoms in total. The summed E-state index contributed by atoms with van der Waals surface area (Å²) in [7, 11) is 3.02. The Bertz CT molecular complexity index is 807. The molecule has 2 aromatic carbocycles. The first kappa shape index (κ1) is 19.3. The van der Waals surface area contributed by atoms with Crippen molar-refractivity contribution < 1.29 is 19.0 Å². The van der Waals surface area contributed by atoms with Gasteiger partial charge in [-0.05, 0) is 36.4 Å². The van der Waals surface area contributed by atoms with Gasteiger partial charge in [0.2, 0.25) is 0 Å². The molecule has 0 aliphatic carbocycles. The maximum absolute atomic E-state index is 12.3. The molecule has 1 aliphatic rings. The van der Waals surface area contributed by atoms with E-state index in [-0.39, 0.29) is 5.97 Å². The highest BCUT2D eigenvalue weighted by Crippen LogP contribution is 2.28. The summed E-state index contributed by atoms with van der Waals surface area (Å²) in [6, 6.07) is 11.2. The fraction of sp³-hybridized carbons (Fsp3) is 0.350. The quantitative estimate of drug-likeness (QED) is 0.761. The summed E-state index contributed by atoms with van der Waals surface area (Å²) >= 11 is 6.09. The largest absolute Gasteiger partial charge is 0.496 e. The molecular weight excluding hydrogens is 368 g/mol. The zero-order chi connectivity index (χ0) is 19.2. The van der Waals surface area contributed by atoms with E-state index in [4.69, 9.17) is 25.8 Å². The van der Waals surface area contributed by atoms with Crippen LogP contribution in [0.15, 0.2) is 36.4 Å². The Balaban J connectivity index is 1.82. The number of carbonyl (C=O) groups excluding carboxylic acids is 1. The lowest BCUT2D eigenvalue weighted by Gasteiger charge is -2.30. The lowest BCUT2D eigenvalue weighted by molar-refractivity contribution is 0.0600. The first-order valence-electron chi connectivity index (χ1n) is 8.73. The van der Waals surface area contributed by atoms with Crippen molar-refractivity contribution in [2.24, 2.45) is 0 Å². The van der Waals surface area contributed by atoms with Gasteiger partial charge in [-0.2, -0.15) is 0 Å². The van der Waals surface area contributed by atoms with Crippen molar-refractivity contribution in [3.63, 3.8) is 0 Å². The molecule has 1 heterocycles. The fourth-order valence-corrected chi connectivity index (χ4v) is 3.28. The summed E-state index contributed by atoms with van der Waals surface area (Å²) in [5, 5.41) is 3.97. The van der Waals surface area contributed by atoms with Crippen molar-refractivity contribution >= 4 is 28.9 Å². The minimum atomic E-state index is -0.361. The van der Waals surface area contributed by atoms with Crippen molar-refractivity contribution in [2.45, 2.75) is 6.54 Å². The number of hydrogen-bond acceptors (Lipinski definition) is 6. The molecule has 1 saturated heterocycles.